The standard InChI is InChI=1S/C15H18ClNO4/c1-9-8-17(6-5-11(9)15(19)20)14(18)12-7-10(16)3-4-13(12)21-2/h3-4,7,9,11H,5-6,8H2,1-2H3,(H,19,20). The highest BCUT2D eigenvalue weighted by atomic mass is 35.5. The normalized spacial score (nSPS) is 22.0. The molecule has 0 spiro atoms. The summed E-state index contributed by atoms with van der Waals surface area (Å²) in [5, 5.41) is 9.59. The molecule has 2 atom stereocenters. The molecule has 1 heterocycles. The van der Waals surface area contributed by atoms with E-state index in [1.165, 1.54) is 7.11 Å². The summed E-state index contributed by atoms with van der Waals surface area (Å²) in [5.41, 5.74) is 0.408. The number of aliphatic carboxylic acids is 1. The molecule has 0 aromatic heterocycles. The predicted molar refractivity (Wildman–Crippen MR) is 78.8 cm³/mol. The summed E-state index contributed by atoms with van der Waals surface area (Å²) in [6.45, 7) is 2.70. The highest BCUT2D eigenvalue weighted by Crippen LogP contribution is 2.28. The Morgan fingerprint density at radius 2 is 2.14 bits per heavy atom. The van der Waals surface area contributed by atoms with E-state index in [4.69, 9.17) is 21.4 Å². The molecule has 2 rings (SSSR count). The van der Waals surface area contributed by atoms with Crippen molar-refractivity contribution in [2.45, 2.75) is 13.3 Å². The molecule has 6 heteroatoms. The molecule has 1 amide bonds. The van der Waals surface area contributed by atoms with Gasteiger partial charge in [0.2, 0.25) is 0 Å². The fraction of sp³-hybridized carbons (Fsp3) is 0.467. The summed E-state index contributed by atoms with van der Waals surface area (Å²) in [6, 6.07) is 4.90. The maximum absolute atomic E-state index is 12.6. The Labute approximate surface area is 128 Å². The van der Waals surface area contributed by atoms with E-state index in [-0.39, 0.29) is 11.8 Å². The van der Waals surface area contributed by atoms with Crippen LogP contribution in [0.1, 0.15) is 23.7 Å². The molecule has 1 aliphatic rings. The third-order valence-electron chi connectivity index (χ3n) is 3.90. The minimum Gasteiger partial charge on any atom is -0.496 e. The zero-order valence-corrected chi connectivity index (χ0v) is 12.8. The Bertz CT molecular complexity index is 561. The second-order valence-electron chi connectivity index (χ2n) is 5.31. The highest BCUT2D eigenvalue weighted by molar-refractivity contribution is 6.31. The number of carboxylic acid groups (broad SMARTS) is 1. The maximum atomic E-state index is 12.6. The summed E-state index contributed by atoms with van der Waals surface area (Å²) < 4.78 is 5.20. The molecule has 1 fully saturated rings. The number of carboxylic acids is 1. The first-order chi connectivity index (χ1) is 9.93. The molecule has 0 saturated carbocycles. The van der Waals surface area contributed by atoms with Crippen molar-refractivity contribution in [2.24, 2.45) is 11.8 Å². The van der Waals surface area contributed by atoms with Gasteiger partial charge in [0, 0.05) is 18.1 Å². The van der Waals surface area contributed by atoms with E-state index in [0.717, 1.165) is 0 Å². The maximum Gasteiger partial charge on any atom is 0.306 e. The Kier molecular flexibility index (Phi) is 4.73. The first-order valence-electron chi connectivity index (χ1n) is 6.79. The molecule has 2 unspecified atom stereocenters. The quantitative estimate of drug-likeness (QED) is 0.931. The van der Waals surface area contributed by atoms with Crippen molar-refractivity contribution < 1.29 is 19.4 Å². The first-order valence-corrected chi connectivity index (χ1v) is 7.17. The summed E-state index contributed by atoms with van der Waals surface area (Å²) in [6.07, 6.45) is 0.463. The van der Waals surface area contributed by atoms with Crippen molar-refractivity contribution in [3.63, 3.8) is 0 Å². The van der Waals surface area contributed by atoms with Crippen molar-refractivity contribution in [1.82, 2.24) is 4.90 Å². The third kappa shape index (κ3) is 3.29. The van der Waals surface area contributed by atoms with Gasteiger partial charge in [0.05, 0.1) is 18.6 Å². The van der Waals surface area contributed by atoms with Gasteiger partial charge < -0.3 is 14.7 Å². The number of hydrogen-bond donors (Lipinski definition) is 1. The van der Waals surface area contributed by atoms with Crippen LogP contribution in [-0.2, 0) is 4.79 Å². The zero-order chi connectivity index (χ0) is 15.6. The number of rotatable bonds is 3. The lowest BCUT2D eigenvalue weighted by Gasteiger charge is -2.35. The summed E-state index contributed by atoms with van der Waals surface area (Å²) in [5.74, 6) is -0.974. The number of hydrogen-bond acceptors (Lipinski definition) is 3. The van der Waals surface area contributed by atoms with E-state index in [9.17, 15) is 9.59 Å². The fourth-order valence-electron chi connectivity index (χ4n) is 2.71. The van der Waals surface area contributed by atoms with Crippen molar-refractivity contribution >= 4 is 23.5 Å². The van der Waals surface area contributed by atoms with Crippen molar-refractivity contribution in [1.29, 1.82) is 0 Å². The van der Waals surface area contributed by atoms with E-state index in [0.29, 0.717) is 35.8 Å². The SMILES string of the molecule is COc1ccc(Cl)cc1C(=O)N1CCC(C(=O)O)C(C)C1. The third-order valence-corrected chi connectivity index (χ3v) is 4.14. The summed E-state index contributed by atoms with van der Waals surface area (Å²) in [7, 11) is 1.50. The van der Waals surface area contributed by atoms with E-state index in [2.05, 4.69) is 0 Å². The van der Waals surface area contributed by atoms with Crippen LogP contribution in [0.2, 0.25) is 5.02 Å². The van der Waals surface area contributed by atoms with Crippen LogP contribution in [0.25, 0.3) is 0 Å². The van der Waals surface area contributed by atoms with Crippen LogP contribution in [0.5, 0.6) is 5.75 Å². The van der Waals surface area contributed by atoms with Gasteiger partial charge >= 0.3 is 5.97 Å². The molecule has 1 saturated heterocycles. The van der Waals surface area contributed by atoms with Crippen LogP contribution in [0, 0.1) is 11.8 Å². The van der Waals surface area contributed by atoms with Gasteiger partial charge in [-0.2, -0.15) is 0 Å². The lowest BCUT2D eigenvalue weighted by atomic mass is 9.87. The molecule has 0 aliphatic carbocycles. The topological polar surface area (TPSA) is 66.8 Å². The molecule has 114 valence electrons. The van der Waals surface area contributed by atoms with Gasteiger partial charge in [-0.15, -0.1) is 0 Å². The molecule has 1 aromatic rings. The summed E-state index contributed by atoms with van der Waals surface area (Å²) >= 11 is 5.95. The number of benzene rings is 1. The van der Waals surface area contributed by atoms with Gasteiger partial charge in [0.1, 0.15) is 5.75 Å². The second kappa shape index (κ2) is 6.35. The molecule has 21 heavy (non-hydrogen) atoms. The van der Waals surface area contributed by atoms with Crippen LogP contribution in [0.15, 0.2) is 18.2 Å². The van der Waals surface area contributed by atoms with Gasteiger partial charge in [-0.3, -0.25) is 9.59 Å². The number of carbonyl (C=O) groups excluding carboxylic acids is 1. The molecule has 1 aliphatic heterocycles. The lowest BCUT2D eigenvalue weighted by Crippen LogP contribution is -2.45. The van der Waals surface area contributed by atoms with Crippen LogP contribution in [-0.4, -0.2) is 42.1 Å². The number of methoxy groups -OCH3 is 1. The summed E-state index contributed by atoms with van der Waals surface area (Å²) in [4.78, 5) is 25.4. The number of piperidine rings is 1. The van der Waals surface area contributed by atoms with Gasteiger partial charge in [0.15, 0.2) is 0 Å². The van der Waals surface area contributed by atoms with E-state index in [1.807, 2.05) is 6.92 Å². The number of carbonyl (C=O) groups is 2. The zero-order valence-electron chi connectivity index (χ0n) is 12.0. The average molecular weight is 312 g/mol. The average Bonchev–Trinajstić information content (AvgIpc) is 2.45. The van der Waals surface area contributed by atoms with Gasteiger partial charge in [-0.05, 0) is 30.5 Å². The molecule has 0 bridgehead atoms. The van der Waals surface area contributed by atoms with E-state index >= 15 is 0 Å². The lowest BCUT2D eigenvalue weighted by molar-refractivity contribution is -0.145. The number of nitrogens with zero attached hydrogens (tertiary/aromatic N) is 1. The molecular formula is C15H18ClNO4. The first kappa shape index (κ1) is 15.6. The minimum absolute atomic E-state index is 0.0784. The highest BCUT2D eigenvalue weighted by Gasteiger charge is 2.33. The molecule has 0 radical (unpaired) electrons. The molecule has 5 nitrogen and oxygen atoms in total. The van der Waals surface area contributed by atoms with Gasteiger partial charge in [0.25, 0.3) is 5.91 Å². The number of amides is 1. The second-order valence-corrected chi connectivity index (χ2v) is 5.74. The van der Waals surface area contributed by atoms with Crippen LogP contribution in [0.3, 0.4) is 0 Å². The molecule has 1 aromatic carbocycles. The van der Waals surface area contributed by atoms with Crippen molar-refractivity contribution in [3.8, 4) is 5.75 Å². The Morgan fingerprint density at radius 1 is 1.43 bits per heavy atom. The predicted octanol–water partition coefficient (Wildman–Crippen LogP) is 2.53. The monoisotopic (exact) mass is 311 g/mol. The largest absolute Gasteiger partial charge is 0.496 e. The Hall–Kier alpha value is -1.75. The van der Waals surface area contributed by atoms with Crippen molar-refractivity contribution in [2.75, 3.05) is 20.2 Å². The minimum atomic E-state index is -0.796. The molecule has 1 N–H and O–H groups in total. The molecular weight excluding hydrogens is 294 g/mol. The number of likely N-dealkylation sites (tertiary alicyclic amines) is 1. The van der Waals surface area contributed by atoms with Crippen molar-refractivity contribution in [3.05, 3.63) is 28.8 Å². The van der Waals surface area contributed by atoms with Crippen LogP contribution < -0.4 is 4.74 Å². The number of halogens is 1. The number of ether oxygens (including phenoxy) is 1. The fourth-order valence-corrected chi connectivity index (χ4v) is 2.89. The Balaban J connectivity index is 2.18. The smallest absolute Gasteiger partial charge is 0.306 e. The van der Waals surface area contributed by atoms with E-state index in [1.54, 1.807) is 23.1 Å². The Morgan fingerprint density at radius 3 is 2.71 bits per heavy atom. The van der Waals surface area contributed by atoms with Crippen LogP contribution in [0.4, 0.5) is 0 Å². The van der Waals surface area contributed by atoms with Crippen LogP contribution >= 0.6 is 11.6 Å². The van der Waals surface area contributed by atoms with E-state index < -0.39 is 11.9 Å². The van der Waals surface area contributed by atoms with Gasteiger partial charge in [-0.1, -0.05) is 18.5 Å². The van der Waals surface area contributed by atoms with Gasteiger partial charge in [-0.25, -0.2) is 0 Å².